The van der Waals surface area contributed by atoms with E-state index in [-0.39, 0.29) is 5.60 Å². The minimum Gasteiger partial charge on any atom is -0.362 e. The predicted octanol–water partition coefficient (Wildman–Crippen LogP) is 1.20. The van der Waals surface area contributed by atoms with Crippen molar-refractivity contribution >= 4 is 0 Å². The van der Waals surface area contributed by atoms with Crippen LogP contribution in [-0.2, 0) is 16.9 Å². The Kier molecular flexibility index (Phi) is 1.82. The van der Waals surface area contributed by atoms with E-state index in [2.05, 4.69) is 22.2 Å². The van der Waals surface area contributed by atoms with Gasteiger partial charge < -0.3 is 4.74 Å². The average Bonchev–Trinajstić information content (AvgIpc) is 2.88. The molecule has 0 spiro atoms. The lowest BCUT2D eigenvalue weighted by atomic mass is 10.0. The van der Waals surface area contributed by atoms with E-state index in [4.69, 9.17) is 4.74 Å². The molecule has 1 aliphatic heterocycles. The van der Waals surface area contributed by atoms with Gasteiger partial charge in [0.25, 0.3) is 0 Å². The molecule has 4 nitrogen and oxygen atoms in total. The quantitative estimate of drug-likeness (QED) is 0.701. The minimum atomic E-state index is -0.172. The first-order valence-corrected chi connectivity index (χ1v) is 4.91. The van der Waals surface area contributed by atoms with Gasteiger partial charge in [-0.05, 0) is 5.56 Å². The van der Waals surface area contributed by atoms with Crippen molar-refractivity contribution in [2.45, 2.75) is 12.1 Å². The number of nitrogens with zero attached hydrogens (tertiary/aromatic N) is 3. The zero-order valence-electron chi connectivity index (χ0n) is 8.21. The van der Waals surface area contributed by atoms with Crippen LogP contribution in [0.4, 0.5) is 0 Å². The maximum absolute atomic E-state index is 5.57. The fourth-order valence-electron chi connectivity index (χ4n) is 1.75. The van der Waals surface area contributed by atoms with Gasteiger partial charge in [-0.15, -0.1) is 0 Å². The molecule has 2 heterocycles. The first-order valence-electron chi connectivity index (χ1n) is 4.91. The SMILES string of the molecule is c1ccc(C2(Cn3cncn3)CO2)cc1. The van der Waals surface area contributed by atoms with Crippen LogP contribution in [0.25, 0.3) is 0 Å². The van der Waals surface area contributed by atoms with Gasteiger partial charge in [-0.3, -0.25) is 0 Å². The highest BCUT2D eigenvalue weighted by molar-refractivity contribution is 5.26. The van der Waals surface area contributed by atoms with Gasteiger partial charge in [0.1, 0.15) is 18.3 Å². The Labute approximate surface area is 87.5 Å². The summed E-state index contributed by atoms with van der Waals surface area (Å²) < 4.78 is 7.37. The van der Waals surface area contributed by atoms with Gasteiger partial charge in [0, 0.05) is 0 Å². The Balaban J connectivity index is 1.86. The Morgan fingerprint density at radius 2 is 2.13 bits per heavy atom. The number of rotatable bonds is 3. The third-order valence-corrected chi connectivity index (χ3v) is 2.68. The zero-order chi connectivity index (χ0) is 10.1. The highest BCUT2D eigenvalue weighted by Crippen LogP contribution is 2.39. The van der Waals surface area contributed by atoms with Crippen molar-refractivity contribution in [3.63, 3.8) is 0 Å². The van der Waals surface area contributed by atoms with Gasteiger partial charge in [0.05, 0.1) is 13.2 Å². The van der Waals surface area contributed by atoms with Gasteiger partial charge in [-0.1, -0.05) is 30.3 Å². The molecule has 2 aromatic rings. The maximum Gasteiger partial charge on any atom is 0.137 e. The molecular weight excluding hydrogens is 190 g/mol. The molecule has 0 N–H and O–H groups in total. The number of aromatic nitrogens is 3. The van der Waals surface area contributed by atoms with E-state index in [0.717, 1.165) is 13.2 Å². The minimum absolute atomic E-state index is 0.172. The van der Waals surface area contributed by atoms with E-state index >= 15 is 0 Å². The van der Waals surface area contributed by atoms with E-state index in [1.54, 1.807) is 17.3 Å². The highest BCUT2D eigenvalue weighted by atomic mass is 16.6. The van der Waals surface area contributed by atoms with Crippen molar-refractivity contribution in [2.75, 3.05) is 6.61 Å². The number of epoxide rings is 1. The van der Waals surface area contributed by atoms with E-state index in [1.807, 2.05) is 18.2 Å². The molecule has 15 heavy (non-hydrogen) atoms. The molecule has 1 unspecified atom stereocenters. The van der Waals surface area contributed by atoms with Crippen molar-refractivity contribution in [2.24, 2.45) is 0 Å². The van der Waals surface area contributed by atoms with Crippen LogP contribution in [0.15, 0.2) is 43.0 Å². The Bertz CT molecular complexity index is 434. The Morgan fingerprint density at radius 3 is 2.73 bits per heavy atom. The first kappa shape index (κ1) is 8.61. The second-order valence-electron chi connectivity index (χ2n) is 3.74. The molecule has 4 heteroatoms. The molecule has 1 aliphatic rings. The van der Waals surface area contributed by atoms with E-state index in [9.17, 15) is 0 Å². The van der Waals surface area contributed by atoms with Crippen molar-refractivity contribution in [1.82, 2.24) is 14.8 Å². The molecule has 0 amide bonds. The molecule has 1 saturated heterocycles. The normalized spacial score (nSPS) is 24.0. The van der Waals surface area contributed by atoms with Crippen LogP contribution in [0.5, 0.6) is 0 Å². The predicted molar refractivity (Wildman–Crippen MR) is 54.1 cm³/mol. The highest BCUT2D eigenvalue weighted by Gasteiger charge is 2.47. The monoisotopic (exact) mass is 201 g/mol. The molecule has 1 atom stereocenters. The average molecular weight is 201 g/mol. The number of ether oxygens (including phenoxy) is 1. The molecule has 0 bridgehead atoms. The van der Waals surface area contributed by atoms with E-state index in [0.29, 0.717) is 0 Å². The van der Waals surface area contributed by atoms with Crippen LogP contribution in [-0.4, -0.2) is 21.4 Å². The summed E-state index contributed by atoms with van der Waals surface area (Å²) in [5.74, 6) is 0. The third-order valence-electron chi connectivity index (χ3n) is 2.68. The second-order valence-corrected chi connectivity index (χ2v) is 3.74. The van der Waals surface area contributed by atoms with Crippen LogP contribution in [0.1, 0.15) is 5.56 Å². The molecule has 0 radical (unpaired) electrons. The summed E-state index contributed by atoms with van der Waals surface area (Å²) in [5, 5.41) is 4.09. The van der Waals surface area contributed by atoms with Crippen LogP contribution < -0.4 is 0 Å². The Hall–Kier alpha value is -1.68. The lowest BCUT2D eigenvalue weighted by molar-refractivity contribution is 0.269. The summed E-state index contributed by atoms with van der Waals surface area (Å²) in [5.41, 5.74) is 1.04. The van der Waals surface area contributed by atoms with Gasteiger partial charge >= 0.3 is 0 Å². The molecule has 1 fully saturated rings. The van der Waals surface area contributed by atoms with Crippen molar-refractivity contribution in [3.05, 3.63) is 48.5 Å². The molecular formula is C11H11N3O. The lowest BCUT2D eigenvalue weighted by Crippen LogP contribution is -2.18. The summed E-state index contributed by atoms with van der Waals surface area (Å²) in [6, 6.07) is 10.2. The molecule has 76 valence electrons. The molecule has 1 aromatic carbocycles. The summed E-state index contributed by atoms with van der Waals surface area (Å²) in [6.45, 7) is 1.49. The third kappa shape index (κ3) is 1.53. The largest absolute Gasteiger partial charge is 0.362 e. The van der Waals surface area contributed by atoms with Gasteiger partial charge in [-0.2, -0.15) is 5.10 Å². The summed E-state index contributed by atoms with van der Waals surface area (Å²) in [4.78, 5) is 3.92. The first-order chi connectivity index (χ1) is 7.39. The van der Waals surface area contributed by atoms with Crippen LogP contribution in [0, 0.1) is 0 Å². The van der Waals surface area contributed by atoms with Gasteiger partial charge in [-0.25, -0.2) is 9.67 Å². The van der Waals surface area contributed by atoms with E-state index < -0.39 is 0 Å². The summed E-state index contributed by atoms with van der Waals surface area (Å²) >= 11 is 0. The molecule has 1 aromatic heterocycles. The second kappa shape index (κ2) is 3.17. The van der Waals surface area contributed by atoms with E-state index in [1.165, 1.54) is 5.56 Å². The van der Waals surface area contributed by atoms with Crippen molar-refractivity contribution in [1.29, 1.82) is 0 Å². The fraction of sp³-hybridized carbons (Fsp3) is 0.273. The molecule has 0 aliphatic carbocycles. The summed E-state index contributed by atoms with van der Waals surface area (Å²) in [6.07, 6.45) is 3.26. The smallest absolute Gasteiger partial charge is 0.137 e. The Morgan fingerprint density at radius 1 is 1.33 bits per heavy atom. The number of benzene rings is 1. The topological polar surface area (TPSA) is 43.2 Å². The van der Waals surface area contributed by atoms with Crippen LogP contribution in [0.3, 0.4) is 0 Å². The molecule has 0 saturated carbocycles. The van der Waals surface area contributed by atoms with Gasteiger partial charge in [0.15, 0.2) is 0 Å². The lowest BCUT2D eigenvalue weighted by Gasteiger charge is -2.11. The zero-order valence-corrected chi connectivity index (χ0v) is 8.21. The van der Waals surface area contributed by atoms with Gasteiger partial charge in [0.2, 0.25) is 0 Å². The van der Waals surface area contributed by atoms with Crippen LogP contribution >= 0.6 is 0 Å². The maximum atomic E-state index is 5.57. The van der Waals surface area contributed by atoms with Crippen molar-refractivity contribution < 1.29 is 4.74 Å². The fourth-order valence-corrected chi connectivity index (χ4v) is 1.75. The standard InChI is InChI=1S/C11H11N3O/c1-2-4-10(5-3-1)11(7-15-11)6-14-9-12-8-13-14/h1-5,8-9H,6-7H2. The molecule has 3 rings (SSSR count). The van der Waals surface area contributed by atoms with Crippen molar-refractivity contribution in [3.8, 4) is 0 Å². The van der Waals surface area contributed by atoms with Crippen LogP contribution in [0.2, 0.25) is 0 Å². The number of hydrogen-bond acceptors (Lipinski definition) is 3. The summed E-state index contributed by atoms with van der Waals surface area (Å²) in [7, 11) is 0. The number of hydrogen-bond donors (Lipinski definition) is 0.